The van der Waals surface area contributed by atoms with Crippen LogP contribution in [0.3, 0.4) is 0 Å². The summed E-state index contributed by atoms with van der Waals surface area (Å²) in [6, 6.07) is 7.31. The molecule has 0 unspecified atom stereocenters. The van der Waals surface area contributed by atoms with E-state index in [2.05, 4.69) is 20.8 Å². The predicted molar refractivity (Wildman–Crippen MR) is 88.2 cm³/mol. The van der Waals surface area contributed by atoms with Crippen LogP contribution in [0, 0.1) is 18.3 Å². The van der Waals surface area contributed by atoms with Gasteiger partial charge in [0.1, 0.15) is 0 Å². The van der Waals surface area contributed by atoms with E-state index in [1.54, 1.807) is 12.1 Å². The van der Waals surface area contributed by atoms with Crippen LogP contribution < -0.4 is 0 Å². The zero-order chi connectivity index (χ0) is 15.7. The van der Waals surface area contributed by atoms with E-state index in [1.165, 1.54) is 6.42 Å². The molecule has 0 aromatic heterocycles. The van der Waals surface area contributed by atoms with Gasteiger partial charge >= 0.3 is 0 Å². The molecular weight excluding hydrogens is 280 g/mol. The van der Waals surface area contributed by atoms with Crippen molar-refractivity contribution >= 4 is 9.84 Å². The van der Waals surface area contributed by atoms with E-state index in [4.69, 9.17) is 0 Å². The summed E-state index contributed by atoms with van der Waals surface area (Å²) in [6.07, 6.45) is 4.93. The van der Waals surface area contributed by atoms with Crippen LogP contribution in [0.1, 0.15) is 58.4 Å². The highest BCUT2D eigenvalue weighted by molar-refractivity contribution is 7.92. The van der Waals surface area contributed by atoms with Crippen LogP contribution in [-0.4, -0.2) is 13.7 Å². The van der Waals surface area contributed by atoms with E-state index in [0.717, 1.165) is 31.2 Å². The third-order valence-electron chi connectivity index (χ3n) is 5.43. The molecule has 3 heteroatoms. The van der Waals surface area contributed by atoms with Gasteiger partial charge in [-0.05, 0) is 49.7 Å². The summed E-state index contributed by atoms with van der Waals surface area (Å²) in [7, 11) is -3.18. The SMILES string of the molecule is CCC(C)(C)[C@H]1CCC[C@H](S(=O)(=O)c2ccc(C)cc2)C1. The molecule has 1 fully saturated rings. The molecule has 0 amide bonds. The summed E-state index contributed by atoms with van der Waals surface area (Å²) in [6.45, 7) is 8.74. The standard InChI is InChI=1S/C18H28O2S/c1-5-18(3,4)15-7-6-8-17(13-15)21(19,20)16-11-9-14(2)10-12-16/h9-12,15,17H,5-8,13H2,1-4H3/t15-,17-/m0/s1. The monoisotopic (exact) mass is 308 g/mol. The van der Waals surface area contributed by atoms with Gasteiger partial charge in [0.05, 0.1) is 10.1 Å². The van der Waals surface area contributed by atoms with Crippen molar-refractivity contribution in [2.24, 2.45) is 11.3 Å². The molecule has 1 aromatic carbocycles. The Bertz CT molecular complexity index is 570. The Morgan fingerprint density at radius 2 is 1.76 bits per heavy atom. The summed E-state index contributed by atoms with van der Waals surface area (Å²) in [5.74, 6) is 0.515. The van der Waals surface area contributed by atoms with Gasteiger partial charge in [-0.2, -0.15) is 0 Å². The van der Waals surface area contributed by atoms with Crippen molar-refractivity contribution < 1.29 is 8.42 Å². The summed E-state index contributed by atoms with van der Waals surface area (Å²) in [5, 5.41) is -0.204. The molecule has 0 spiro atoms. The van der Waals surface area contributed by atoms with Gasteiger partial charge in [-0.3, -0.25) is 0 Å². The topological polar surface area (TPSA) is 34.1 Å². The average Bonchev–Trinajstić information content (AvgIpc) is 2.48. The molecule has 1 aliphatic carbocycles. The zero-order valence-electron chi connectivity index (χ0n) is 13.7. The summed E-state index contributed by atoms with van der Waals surface area (Å²) in [4.78, 5) is 0.494. The van der Waals surface area contributed by atoms with Gasteiger partial charge in [0, 0.05) is 0 Å². The van der Waals surface area contributed by atoms with Gasteiger partial charge in [0.25, 0.3) is 0 Å². The van der Waals surface area contributed by atoms with Gasteiger partial charge < -0.3 is 0 Å². The Kier molecular flexibility index (Phi) is 4.82. The van der Waals surface area contributed by atoms with Crippen molar-refractivity contribution in [3.8, 4) is 0 Å². The normalized spacial score (nSPS) is 24.0. The highest BCUT2D eigenvalue weighted by Crippen LogP contribution is 2.43. The molecule has 21 heavy (non-hydrogen) atoms. The first-order chi connectivity index (χ1) is 9.77. The van der Waals surface area contributed by atoms with Crippen LogP contribution in [0.4, 0.5) is 0 Å². The van der Waals surface area contributed by atoms with Crippen molar-refractivity contribution in [2.45, 2.75) is 69.9 Å². The minimum Gasteiger partial charge on any atom is -0.223 e. The maximum atomic E-state index is 12.9. The van der Waals surface area contributed by atoms with E-state index < -0.39 is 9.84 Å². The minimum absolute atomic E-state index is 0.204. The molecule has 118 valence electrons. The third-order valence-corrected chi connectivity index (χ3v) is 7.67. The first kappa shape index (κ1) is 16.5. The molecule has 2 atom stereocenters. The molecule has 0 saturated heterocycles. The van der Waals surface area contributed by atoms with Gasteiger partial charge in [-0.15, -0.1) is 0 Å². The number of hydrogen-bond donors (Lipinski definition) is 0. The molecule has 1 aromatic rings. The zero-order valence-corrected chi connectivity index (χ0v) is 14.5. The summed E-state index contributed by atoms with van der Waals surface area (Å²) < 4.78 is 25.7. The first-order valence-electron chi connectivity index (χ1n) is 8.08. The lowest BCUT2D eigenvalue weighted by Crippen LogP contribution is -2.34. The fourth-order valence-corrected chi connectivity index (χ4v) is 5.21. The molecule has 0 N–H and O–H groups in total. The van der Waals surface area contributed by atoms with Crippen molar-refractivity contribution in [2.75, 3.05) is 0 Å². The van der Waals surface area contributed by atoms with E-state index in [-0.39, 0.29) is 10.7 Å². The van der Waals surface area contributed by atoms with Crippen molar-refractivity contribution in [3.05, 3.63) is 29.8 Å². The fraction of sp³-hybridized carbons (Fsp3) is 0.667. The quantitative estimate of drug-likeness (QED) is 0.803. The lowest BCUT2D eigenvalue weighted by atomic mass is 9.69. The molecule has 1 aliphatic rings. The molecule has 1 saturated carbocycles. The highest BCUT2D eigenvalue weighted by atomic mass is 32.2. The maximum absolute atomic E-state index is 12.9. The maximum Gasteiger partial charge on any atom is 0.181 e. The second-order valence-electron chi connectivity index (χ2n) is 7.19. The number of aryl methyl sites for hydroxylation is 1. The van der Waals surface area contributed by atoms with Crippen LogP contribution in [0.2, 0.25) is 0 Å². The Hall–Kier alpha value is -0.830. The van der Waals surface area contributed by atoms with Crippen LogP contribution in [0.5, 0.6) is 0 Å². The highest BCUT2D eigenvalue weighted by Gasteiger charge is 2.38. The summed E-state index contributed by atoms with van der Waals surface area (Å²) >= 11 is 0. The van der Waals surface area contributed by atoms with Crippen molar-refractivity contribution in [1.82, 2.24) is 0 Å². The van der Waals surface area contributed by atoms with Crippen LogP contribution >= 0.6 is 0 Å². The predicted octanol–water partition coefficient (Wildman–Crippen LogP) is 4.76. The Labute approximate surface area is 129 Å². The minimum atomic E-state index is -3.18. The second-order valence-corrected chi connectivity index (χ2v) is 9.41. The number of hydrogen-bond acceptors (Lipinski definition) is 2. The molecule has 0 heterocycles. The van der Waals surface area contributed by atoms with Crippen LogP contribution in [0.15, 0.2) is 29.2 Å². The fourth-order valence-electron chi connectivity index (χ4n) is 3.35. The van der Waals surface area contributed by atoms with E-state index >= 15 is 0 Å². The van der Waals surface area contributed by atoms with Gasteiger partial charge in [-0.25, -0.2) is 8.42 Å². The van der Waals surface area contributed by atoms with E-state index in [9.17, 15) is 8.42 Å². The Morgan fingerprint density at radius 3 is 2.33 bits per heavy atom. The number of benzene rings is 1. The number of sulfone groups is 1. The second kappa shape index (κ2) is 6.12. The molecular formula is C18H28O2S. The van der Waals surface area contributed by atoms with E-state index in [0.29, 0.717) is 10.8 Å². The van der Waals surface area contributed by atoms with Crippen LogP contribution in [-0.2, 0) is 9.84 Å². The molecule has 0 bridgehead atoms. The van der Waals surface area contributed by atoms with E-state index in [1.807, 2.05) is 19.1 Å². The molecule has 2 nitrogen and oxygen atoms in total. The van der Waals surface area contributed by atoms with Gasteiger partial charge in [0.15, 0.2) is 9.84 Å². The smallest absolute Gasteiger partial charge is 0.181 e. The molecule has 0 radical (unpaired) electrons. The number of rotatable bonds is 4. The Morgan fingerprint density at radius 1 is 1.14 bits per heavy atom. The van der Waals surface area contributed by atoms with Crippen LogP contribution in [0.25, 0.3) is 0 Å². The molecule has 0 aliphatic heterocycles. The third kappa shape index (κ3) is 3.50. The van der Waals surface area contributed by atoms with Gasteiger partial charge in [0.2, 0.25) is 0 Å². The van der Waals surface area contributed by atoms with Crippen molar-refractivity contribution in [3.63, 3.8) is 0 Å². The Balaban J connectivity index is 2.22. The average molecular weight is 308 g/mol. The first-order valence-corrected chi connectivity index (χ1v) is 9.62. The lowest BCUT2D eigenvalue weighted by Gasteiger charge is -2.39. The lowest BCUT2D eigenvalue weighted by molar-refractivity contribution is 0.154. The molecule has 2 rings (SSSR count). The van der Waals surface area contributed by atoms with Crippen molar-refractivity contribution in [1.29, 1.82) is 0 Å². The largest absolute Gasteiger partial charge is 0.223 e. The van der Waals surface area contributed by atoms with Gasteiger partial charge in [-0.1, -0.05) is 51.3 Å². The summed E-state index contributed by atoms with van der Waals surface area (Å²) in [5.41, 5.74) is 1.34.